The standard InChI is InChI=1S/C16H28O6Si/c1-10(17)14(22-23(6,7)16(3,4)5)15-12(20-11(2)18)8-9-13(19)21-15/h8-10,12,14-15,17H,1-7H3/t10-,12-,14-,15+/m0/s1. The molecule has 0 amide bonds. The molecule has 0 unspecified atom stereocenters. The monoisotopic (exact) mass is 344 g/mol. The number of hydrogen-bond donors (Lipinski definition) is 1. The molecule has 0 aromatic rings. The van der Waals surface area contributed by atoms with Crippen LogP contribution in [0.5, 0.6) is 0 Å². The first-order valence-corrected chi connectivity index (χ1v) is 10.7. The van der Waals surface area contributed by atoms with Crippen LogP contribution >= 0.6 is 0 Å². The summed E-state index contributed by atoms with van der Waals surface area (Å²) in [7, 11) is -2.22. The van der Waals surface area contributed by atoms with Crippen LogP contribution in [0.25, 0.3) is 0 Å². The average molecular weight is 344 g/mol. The molecule has 0 saturated heterocycles. The highest BCUT2D eigenvalue weighted by atomic mass is 28.4. The van der Waals surface area contributed by atoms with Gasteiger partial charge in [-0.15, -0.1) is 0 Å². The summed E-state index contributed by atoms with van der Waals surface area (Å²) >= 11 is 0. The van der Waals surface area contributed by atoms with Crippen LogP contribution < -0.4 is 0 Å². The average Bonchev–Trinajstić information content (AvgIpc) is 2.36. The summed E-state index contributed by atoms with van der Waals surface area (Å²) in [6.45, 7) is 13.2. The highest BCUT2D eigenvalue weighted by molar-refractivity contribution is 6.74. The van der Waals surface area contributed by atoms with Gasteiger partial charge in [0, 0.05) is 13.0 Å². The van der Waals surface area contributed by atoms with Crippen LogP contribution in [0.15, 0.2) is 12.2 Å². The third-order valence-electron chi connectivity index (χ3n) is 4.34. The van der Waals surface area contributed by atoms with Crippen LogP contribution in [0.4, 0.5) is 0 Å². The maximum absolute atomic E-state index is 11.6. The molecule has 7 heteroatoms. The minimum absolute atomic E-state index is 0.0778. The lowest BCUT2D eigenvalue weighted by Crippen LogP contribution is -2.55. The molecular formula is C16H28O6Si. The zero-order chi connectivity index (χ0) is 18.0. The molecule has 0 radical (unpaired) electrons. The molecule has 0 bridgehead atoms. The fourth-order valence-electron chi connectivity index (χ4n) is 2.03. The van der Waals surface area contributed by atoms with Crippen molar-refractivity contribution in [2.24, 2.45) is 0 Å². The topological polar surface area (TPSA) is 82.1 Å². The summed E-state index contributed by atoms with van der Waals surface area (Å²) in [4.78, 5) is 22.9. The smallest absolute Gasteiger partial charge is 0.331 e. The van der Waals surface area contributed by atoms with Crippen LogP contribution in [0.3, 0.4) is 0 Å². The highest BCUT2D eigenvalue weighted by Crippen LogP contribution is 2.38. The van der Waals surface area contributed by atoms with Crippen molar-refractivity contribution < 1.29 is 28.6 Å². The van der Waals surface area contributed by atoms with E-state index in [1.807, 2.05) is 13.1 Å². The zero-order valence-corrected chi connectivity index (χ0v) is 16.0. The Bertz CT molecular complexity index is 477. The van der Waals surface area contributed by atoms with Gasteiger partial charge < -0.3 is 19.0 Å². The van der Waals surface area contributed by atoms with E-state index in [0.717, 1.165) is 0 Å². The molecule has 1 N–H and O–H groups in total. The molecule has 132 valence electrons. The molecule has 0 spiro atoms. The molecule has 0 fully saturated rings. The quantitative estimate of drug-likeness (QED) is 0.608. The number of carbonyl (C=O) groups is 2. The maximum Gasteiger partial charge on any atom is 0.331 e. The van der Waals surface area contributed by atoms with E-state index in [1.54, 1.807) is 6.92 Å². The summed E-state index contributed by atoms with van der Waals surface area (Å²) in [5, 5.41) is 10.1. The molecule has 1 aliphatic heterocycles. The second kappa shape index (κ2) is 7.15. The normalized spacial score (nSPS) is 24.8. The highest BCUT2D eigenvalue weighted by Gasteiger charge is 2.46. The first-order chi connectivity index (χ1) is 10.3. The van der Waals surface area contributed by atoms with Crippen molar-refractivity contribution >= 4 is 20.3 Å². The predicted octanol–water partition coefficient (Wildman–Crippen LogP) is 2.17. The van der Waals surface area contributed by atoms with E-state index in [2.05, 4.69) is 20.8 Å². The Morgan fingerprint density at radius 1 is 1.39 bits per heavy atom. The third-order valence-corrected chi connectivity index (χ3v) is 8.81. The number of cyclic esters (lactones) is 1. The SMILES string of the molecule is CC(=O)O[C@H]1C=CC(=O)O[C@H]1[C@@H](O[Si](C)(C)C(C)(C)C)[C@H](C)O. The molecule has 1 heterocycles. The number of aliphatic hydroxyl groups excluding tert-OH is 1. The van der Waals surface area contributed by atoms with Gasteiger partial charge in [-0.1, -0.05) is 20.8 Å². The van der Waals surface area contributed by atoms with E-state index >= 15 is 0 Å². The van der Waals surface area contributed by atoms with Gasteiger partial charge in [0.1, 0.15) is 6.10 Å². The second-order valence-electron chi connectivity index (χ2n) is 7.42. The Kier molecular flexibility index (Phi) is 6.17. The van der Waals surface area contributed by atoms with Gasteiger partial charge in [-0.3, -0.25) is 4.79 Å². The van der Waals surface area contributed by atoms with Gasteiger partial charge in [-0.05, 0) is 31.1 Å². The van der Waals surface area contributed by atoms with Crippen molar-refractivity contribution in [2.45, 2.75) is 77.2 Å². The van der Waals surface area contributed by atoms with Crippen LogP contribution in [-0.2, 0) is 23.5 Å². The van der Waals surface area contributed by atoms with E-state index in [-0.39, 0.29) is 5.04 Å². The lowest BCUT2D eigenvalue weighted by atomic mass is 10.0. The van der Waals surface area contributed by atoms with Crippen molar-refractivity contribution in [3.05, 3.63) is 12.2 Å². The largest absolute Gasteiger partial charge is 0.454 e. The zero-order valence-electron chi connectivity index (χ0n) is 15.0. The fraction of sp³-hybridized carbons (Fsp3) is 0.750. The van der Waals surface area contributed by atoms with E-state index in [9.17, 15) is 14.7 Å². The van der Waals surface area contributed by atoms with Gasteiger partial charge in [0.15, 0.2) is 20.5 Å². The Labute approximate surface area is 138 Å². The van der Waals surface area contributed by atoms with Gasteiger partial charge in [0.2, 0.25) is 0 Å². The van der Waals surface area contributed by atoms with Gasteiger partial charge in [0.05, 0.1) is 6.10 Å². The minimum Gasteiger partial charge on any atom is -0.454 e. The summed E-state index contributed by atoms with van der Waals surface area (Å²) in [5.41, 5.74) is 0. The summed E-state index contributed by atoms with van der Waals surface area (Å²) in [6.07, 6.45) is -0.599. The van der Waals surface area contributed by atoms with E-state index in [0.29, 0.717) is 0 Å². The number of esters is 2. The molecule has 1 aliphatic rings. The van der Waals surface area contributed by atoms with Gasteiger partial charge >= 0.3 is 11.9 Å². The van der Waals surface area contributed by atoms with Crippen LogP contribution in [0, 0.1) is 0 Å². The molecule has 0 saturated carbocycles. The Hall–Kier alpha value is -1.18. The number of carbonyl (C=O) groups excluding carboxylic acids is 2. The lowest BCUT2D eigenvalue weighted by molar-refractivity contribution is -0.175. The first kappa shape index (κ1) is 19.9. The number of ether oxygens (including phenoxy) is 2. The second-order valence-corrected chi connectivity index (χ2v) is 12.2. The molecular weight excluding hydrogens is 316 g/mol. The van der Waals surface area contributed by atoms with E-state index in [4.69, 9.17) is 13.9 Å². The molecule has 1 rings (SSSR count). The van der Waals surface area contributed by atoms with Crippen molar-refractivity contribution in [1.29, 1.82) is 0 Å². The van der Waals surface area contributed by atoms with Crippen molar-refractivity contribution in [2.75, 3.05) is 0 Å². The van der Waals surface area contributed by atoms with Crippen LogP contribution in [0.1, 0.15) is 34.6 Å². The third kappa shape index (κ3) is 5.15. The first-order valence-electron chi connectivity index (χ1n) is 7.77. The van der Waals surface area contributed by atoms with Gasteiger partial charge in [-0.2, -0.15) is 0 Å². The van der Waals surface area contributed by atoms with Gasteiger partial charge in [0.25, 0.3) is 0 Å². The number of hydrogen-bond acceptors (Lipinski definition) is 6. The predicted molar refractivity (Wildman–Crippen MR) is 88.3 cm³/mol. The van der Waals surface area contributed by atoms with E-state index < -0.39 is 44.7 Å². The minimum atomic E-state index is -2.22. The van der Waals surface area contributed by atoms with E-state index in [1.165, 1.54) is 19.1 Å². The number of rotatable bonds is 5. The Balaban J connectivity index is 3.09. The molecule has 23 heavy (non-hydrogen) atoms. The molecule has 0 aromatic heterocycles. The molecule has 0 aromatic carbocycles. The van der Waals surface area contributed by atoms with Crippen molar-refractivity contribution in [1.82, 2.24) is 0 Å². The maximum atomic E-state index is 11.6. The summed E-state index contributed by atoms with van der Waals surface area (Å²) < 4.78 is 16.8. The summed E-state index contributed by atoms with van der Waals surface area (Å²) in [6, 6.07) is 0. The van der Waals surface area contributed by atoms with Crippen LogP contribution in [-0.4, -0.2) is 49.8 Å². The van der Waals surface area contributed by atoms with Crippen molar-refractivity contribution in [3.8, 4) is 0 Å². The Morgan fingerprint density at radius 2 is 1.96 bits per heavy atom. The lowest BCUT2D eigenvalue weighted by Gasteiger charge is -2.43. The van der Waals surface area contributed by atoms with Crippen molar-refractivity contribution in [3.63, 3.8) is 0 Å². The fourth-order valence-corrected chi connectivity index (χ4v) is 3.40. The van der Waals surface area contributed by atoms with Crippen LogP contribution in [0.2, 0.25) is 18.1 Å². The molecule has 0 aliphatic carbocycles. The number of aliphatic hydroxyl groups is 1. The molecule has 4 atom stereocenters. The van der Waals surface area contributed by atoms with Gasteiger partial charge in [-0.25, -0.2) is 4.79 Å². The molecule has 6 nitrogen and oxygen atoms in total. The summed E-state index contributed by atoms with van der Waals surface area (Å²) in [5.74, 6) is -1.03. The Morgan fingerprint density at radius 3 is 2.39 bits per heavy atom.